The van der Waals surface area contributed by atoms with Gasteiger partial charge in [-0.2, -0.15) is 5.10 Å². The molecule has 1 aromatic carbocycles. The molecule has 1 aromatic heterocycles. The van der Waals surface area contributed by atoms with Crippen molar-refractivity contribution in [1.82, 2.24) is 14.8 Å². The Morgan fingerprint density at radius 2 is 2.10 bits per heavy atom. The van der Waals surface area contributed by atoms with Crippen molar-refractivity contribution in [2.45, 2.75) is 19.6 Å². The standard InChI is InChI=1S/C14H19N3O3S/c1-18-8-4-7-17-13(15-16-14(17)21)10-20-12-6-3-5-11(9-12)19-2/h3,5-6,9H,4,7-8,10H2,1-2H3,(H,16,21). The van der Waals surface area contributed by atoms with Crippen molar-refractivity contribution >= 4 is 12.2 Å². The molecule has 0 saturated heterocycles. The second-order valence-electron chi connectivity index (χ2n) is 4.41. The summed E-state index contributed by atoms with van der Waals surface area (Å²) in [5, 5.41) is 6.99. The molecule has 114 valence electrons. The van der Waals surface area contributed by atoms with Crippen molar-refractivity contribution in [3.05, 3.63) is 34.9 Å². The van der Waals surface area contributed by atoms with Gasteiger partial charge in [-0.05, 0) is 30.8 Å². The molecule has 1 heterocycles. The van der Waals surface area contributed by atoms with Crippen molar-refractivity contribution in [2.75, 3.05) is 20.8 Å². The molecule has 0 fully saturated rings. The van der Waals surface area contributed by atoms with Gasteiger partial charge in [0.1, 0.15) is 18.1 Å². The largest absolute Gasteiger partial charge is 0.497 e. The fraction of sp³-hybridized carbons (Fsp3) is 0.429. The van der Waals surface area contributed by atoms with Gasteiger partial charge in [-0.3, -0.25) is 5.10 Å². The zero-order chi connectivity index (χ0) is 15.1. The Balaban J connectivity index is 2.00. The smallest absolute Gasteiger partial charge is 0.195 e. The van der Waals surface area contributed by atoms with Crippen LogP contribution >= 0.6 is 12.2 Å². The lowest BCUT2D eigenvalue weighted by Gasteiger charge is -2.09. The Morgan fingerprint density at radius 3 is 2.86 bits per heavy atom. The Kier molecular flexibility index (Phi) is 5.77. The van der Waals surface area contributed by atoms with Crippen LogP contribution in [0.15, 0.2) is 24.3 Å². The number of nitrogens with one attached hydrogen (secondary N) is 1. The first kappa shape index (κ1) is 15.5. The predicted molar refractivity (Wildman–Crippen MR) is 81.2 cm³/mol. The van der Waals surface area contributed by atoms with Gasteiger partial charge in [0.25, 0.3) is 0 Å². The Labute approximate surface area is 128 Å². The molecule has 2 rings (SSSR count). The first-order valence-electron chi connectivity index (χ1n) is 6.64. The normalized spacial score (nSPS) is 10.6. The van der Waals surface area contributed by atoms with Crippen molar-refractivity contribution in [3.63, 3.8) is 0 Å². The van der Waals surface area contributed by atoms with E-state index in [0.717, 1.165) is 30.3 Å². The number of aromatic nitrogens is 3. The molecular weight excluding hydrogens is 290 g/mol. The molecule has 6 nitrogen and oxygen atoms in total. The number of ether oxygens (including phenoxy) is 3. The van der Waals surface area contributed by atoms with E-state index in [9.17, 15) is 0 Å². The van der Waals surface area contributed by atoms with E-state index in [1.165, 1.54) is 0 Å². The van der Waals surface area contributed by atoms with Crippen LogP contribution in [-0.2, 0) is 17.9 Å². The van der Waals surface area contributed by atoms with E-state index in [1.54, 1.807) is 14.2 Å². The van der Waals surface area contributed by atoms with E-state index in [4.69, 9.17) is 26.4 Å². The Hall–Kier alpha value is -1.86. The van der Waals surface area contributed by atoms with Crippen molar-refractivity contribution in [2.24, 2.45) is 0 Å². The molecule has 2 aromatic rings. The van der Waals surface area contributed by atoms with E-state index in [0.29, 0.717) is 18.0 Å². The Bertz CT molecular complexity index is 624. The predicted octanol–water partition coefficient (Wildman–Crippen LogP) is 2.56. The lowest BCUT2D eigenvalue weighted by Crippen LogP contribution is -2.09. The van der Waals surface area contributed by atoms with Crippen LogP contribution in [0.5, 0.6) is 11.5 Å². The molecule has 0 aliphatic heterocycles. The summed E-state index contributed by atoms with van der Waals surface area (Å²) < 4.78 is 18.5. The third-order valence-electron chi connectivity index (χ3n) is 2.98. The summed E-state index contributed by atoms with van der Waals surface area (Å²) in [4.78, 5) is 0. The highest BCUT2D eigenvalue weighted by Crippen LogP contribution is 2.19. The van der Waals surface area contributed by atoms with Gasteiger partial charge in [-0.15, -0.1) is 0 Å². The number of hydrogen-bond acceptors (Lipinski definition) is 5. The van der Waals surface area contributed by atoms with E-state index in [1.807, 2.05) is 28.8 Å². The van der Waals surface area contributed by atoms with Crippen LogP contribution < -0.4 is 9.47 Å². The van der Waals surface area contributed by atoms with Crippen molar-refractivity contribution in [3.8, 4) is 11.5 Å². The zero-order valence-corrected chi connectivity index (χ0v) is 13.0. The lowest BCUT2D eigenvalue weighted by atomic mass is 10.3. The average Bonchev–Trinajstić information content (AvgIpc) is 2.86. The lowest BCUT2D eigenvalue weighted by molar-refractivity contribution is 0.189. The molecule has 0 unspecified atom stereocenters. The third-order valence-corrected chi connectivity index (χ3v) is 3.29. The maximum Gasteiger partial charge on any atom is 0.195 e. The number of methoxy groups -OCH3 is 2. The summed E-state index contributed by atoms with van der Waals surface area (Å²) in [6, 6.07) is 7.45. The Morgan fingerprint density at radius 1 is 1.29 bits per heavy atom. The van der Waals surface area contributed by atoms with Gasteiger partial charge in [0.2, 0.25) is 0 Å². The minimum Gasteiger partial charge on any atom is -0.497 e. The highest BCUT2D eigenvalue weighted by Gasteiger charge is 2.07. The molecule has 0 spiro atoms. The topological polar surface area (TPSA) is 61.3 Å². The summed E-state index contributed by atoms with van der Waals surface area (Å²) in [5.41, 5.74) is 0. The van der Waals surface area contributed by atoms with Gasteiger partial charge in [0.05, 0.1) is 7.11 Å². The van der Waals surface area contributed by atoms with Crippen LogP contribution in [0.3, 0.4) is 0 Å². The molecule has 7 heteroatoms. The summed E-state index contributed by atoms with van der Waals surface area (Å²) >= 11 is 5.22. The minimum absolute atomic E-state index is 0.341. The second kappa shape index (κ2) is 7.80. The van der Waals surface area contributed by atoms with Crippen LogP contribution in [0, 0.1) is 4.77 Å². The summed E-state index contributed by atoms with van der Waals surface area (Å²) in [5.74, 6) is 2.25. The first-order chi connectivity index (χ1) is 10.2. The number of aromatic amines is 1. The van der Waals surface area contributed by atoms with Gasteiger partial charge in [-0.25, -0.2) is 0 Å². The minimum atomic E-state index is 0.341. The van der Waals surface area contributed by atoms with Crippen LogP contribution in [0.25, 0.3) is 0 Å². The molecule has 0 saturated carbocycles. The quantitative estimate of drug-likeness (QED) is 0.600. The SMILES string of the molecule is COCCCn1c(COc2cccc(OC)c2)n[nH]c1=S. The molecular formula is C14H19N3O3S. The molecule has 0 bridgehead atoms. The number of H-pyrrole nitrogens is 1. The number of nitrogens with zero attached hydrogens (tertiary/aromatic N) is 2. The van der Waals surface area contributed by atoms with E-state index < -0.39 is 0 Å². The number of benzene rings is 1. The van der Waals surface area contributed by atoms with E-state index in [2.05, 4.69) is 10.2 Å². The fourth-order valence-corrected chi connectivity index (χ4v) is 2.14. The van der Waals surface area contributed by atoms with Crippen molar-refractivity contribution < 1.29 is 14.2 Å². The van der Waals surface area contributed by atoms with Crippen LogP contribution in [0.4, 0.5) is 0 Å². The van der Waals surface area contributed by atoms with Gasteiger partial charge < -0.3 is 18.8 Å². The van der Waals surface area contributed by atoms with Crippen LogP contribution in [0.2, 0.25) is 0 Å². The van der Waals surface area contributed by atoms with E-state index >= 15 is 0 Å². The van der Waals surface area contributed by atoms with Crippen LogP contribution in [-0.4, -0.2) is 35.6 Å². The molecule has 1 N–H and O–H groups in total. The highest BCUT2D eigenvalue weighted by molar-refractivity contribution is 7.71. The van der Waals surface area contributed by atoms with Gasteiger partial charge in [0, 0.05) is 26.3 Å². The summed E-state index contributed by atoms with van der Waals surface area (Å²) in [6.07, 6.45) is 0.872. The van der Waals surface area contributed by atoms with E-state index in [-0.39, 0.29) is 0 Å². The maximum atomic E-state index is 5.73. The number of rotatable bonds is 8. The monoisotopic (exact) mass is 309 g/mol. The molecule has 0 atom stereocenters. The summed E-state index contributed by atoms with van der Waals surface area (Å²) in [7, 11) is 3.31. The second-order valence-corrected chi connectivity index (χ2v) is 4.80. The molecule has 0 aliphatic rings. The summed E-state index contributed by atoms with van der Waals surface area (Å²) in [6.45, 7) is 1.77. The molecule has 21 heavy (non-hydrogen) atoms. The fourth-order valence-electron chi connectivity index (χ4n) is 1.90. The molecule has 0 amide bonds. The van der Waals surface area contributed by atoms with Crippen molar-refractivity contribution in [1.29, 1.82) is 0 Å². The maximum absolute atomic E-state index is 5.73. The zero-order valence-electron chi connectivity index (χ0n) is 12.2. The van der Waals surface area contributed by atoms with Gasteiger partial charge in [-0.1, -0.05) is 6.07 Å². The first-order valence-corrected chi connectivity index (χ1v) is 7.05. The third kappa shape index (κ3) is 4.30. The highest BCUT2D eigenvalue weighted by atomic mass is 32.1. The van der Waals surface area contributed by atoms with Gasteiger partial charge >= 0.3 is 0 Å². The van der Waals surface area contributed by atoms with Gasteiger partial charge in [0.15, 0.2) is 10.6 Å². The molecule has 0 aliphatic carbocycles. The average molecular weight is 309 g/mol. The number of hydrogen-bond donors (Lipinski definition) is 1. The van der Waals surface area contributed by atoms with Crippen LogP contribution in [0.1, 0.15) is 12.2 Å². The molecule has 0 radical (unpaired) electrons.